The lowest BCUT2D eigenvalue weighted by Gasteiger charge is -2.34. The second kappa shape index (κ2) is 13.1. The first-order valence-corrected chi connectivity index (χ1v) is 13.9. The first-order valence-electron chi connectivity index (χ1n) is 13.1. The fourth-order valence-corrected chi connectivity index (χ4v) is 4.74. The van der Waals surface area contributed by atoms with Gasteiger partial charge >= 0.3 is 0 Å². The van der Waals surface area contributed by atoms with Crippen LogP contribution >= 0.6 is 15.9 Å². The van der Waals surface area contributed by atoms with Crippen molar-refractivity contribution < 1.29 is 14.3 Å². The number of carbonyl (C=O) groups is 2. The van der Waals surface area contributed by atoms with E-state index >= 15 is 0 Å². The fraction of sp³-hybridized carbons (Fsp3) is 0.375. The third kappa shape index (κ3) is 8.73. The normalized spacial score (nSPS) is 12.2. The second-order valence-electron chi connectivity index (χ2n) is 11.1. The van der Waals surface area contributed by atoms with Crippen LogP contribution in [0.3, 0.4) is 0 Å². The lowest BCUT2D eigenvalue weighted by molar-refractivity contribution is -0.143. The Labute approximate surface area is 235 Å². The number of benzene rings is 3. The van der Waals surface area contributed by atoms with E-state index in [4.69, 9.17) is 4.74 Å². The van der Waals surface area contributed by atoms with Gasteiger partial charge in [-0.3, -0.25) is 9.59 Å². The van der Waals surface area contributed by atoms with Crippen LogP contribution in [0.4, 0.5) is 0 Å². The fourth-order valence-electron chi connectivity index (χ4n) is 4.23. The second-order valence-corrected chi connectivity index (χ2v) is 11.9. The van der Waals surface area contributed by atoms with E-state index in [1.165, 1.54) is 5.56 Å². The maximum Gasteiger partial charge on any atom is 0.261 e. The Hall–Kier alpha value is -3.12. The summed E-state index contributed by atoms with van der Waals surface area (Å²) >= 11 is 3.58. The zero-order valence-electron chi connectivity index (χ0n) is 23.3. The highest BCUT2D eigenvalue weighted by atomic mass is 79.9. The van der Waals surface area contributed by atoms with Crippen LogP contribution in [0.1, 0.15) is 62.8 Å². The van der Waals surface area contributed by atoms with Gasteiger partial charge in [-0.05, 0) is 78.4 Å². The van der Waals surface area contributed by atoms with Crippen LogP contribution in [0.2, 0.25) is 0 Å². The van der Waals surface area contributed by atoms with Crippen LogP contribution < -0.4 is 10.1 Å². The first-order chi connectivity index (χ1) is 17.9. The minimum absolute atomic E-state index is 0.181. The Kier molecular flexibility index (Phi) is 10.1. The summed E-state index contributed by atoms with van der Waals surface area (Å²) < 4.78 is 6.79. The summed E-state index contributed by atoms with van der Waals surface area (Å²) in [5.41, 5.74) is 3.78. The van der Waals surface area contributed by atoms with Crippen molar-refractivity contribution in [1.82, 2.24) is 10.2 Å². The smallest absolute Gasteiger partial charge is 0.261 e. The number of amides is 2. The highest BCUT2D eigenvalue weighted by molar-refractivity contribution is 9.10. The number of hydrogen-bond donors (Lipinski definition) is 1. The first kappa shape index (κ1) is 29.4. The van der Waals surface area contributed by atoms with E-state index < -0.39 is 11.6 Å². The zero-order valence-corrected chi connectivity index (χ0v) is 24.8. The van der Waals surface area contributed by atoms with Crippen molar-refractivity contribution >= 4 is 27.7 Å². The van der Waals surface area contributed by atoms with Crippen molar-refractivity contribution in [3.63, 3.8) is 0 Å². The summed E-state index contributed by atoms with van der Waals surface area (Å²) in [5, 5.41) is 3.09. The number of nitrogens with one attached hydrogen (secondary N) is 1. The van der Waals surface area contributed by atoms with E-state index in [1.807, 2.05) is 100 Å². The van der Waals surface area contributed by atoms with Gasteiger partial charge in [0.25, 0.3) is 5.91 Å². The topological polar surface area (TPSA) is 58.6 Å². The van der Waals surface area contributed by atoms with Crippen molar-refractivity contribution in [3.05, 3.63) is 99.5 Å². The van der Waals surface area contributed by atoms with Gasteiger partial charge in [-0.2, -0.15) is 0 Å². The Morgan fingerprint density at radius 3 is 2.24 bits per heavy atom. The molecule has 2 amide bonds. The third-order valence-electron chi connectivity index (χ3n) is 6.18. The van der Waals surface area contributed by atoms with Gasteiger partial charge in [0.2, 0.25) is 5.91 Å². The average molecular weight is 580 g/mol. The number of halogens is 1. The Morgan fingerprint density at radius 2 is 1.63 bits per heavy atom. The van der Waals surface area contributed by atoms with Crippen LogP contribution in [-0.4, -0.2) is 34.9 Å². The molecule has 3 aromatic rings. The summed E-state index contributed by atoms with van der Waals surface area (Å²) in [4.78, 5) is 29.1. The molecule has 0 aliphatic rings. The molecule has 0 heterocycles. The molecular weight excluding hydrogens is 540 g/mol. The average Bonchev–Trinajstić information content (AvgIpc) is 2.84. The number of hydrogen-bond acceptors (Lipinski definition) is 3. The minimum atomic E-state index is -0.708. The van der Waals surface area contributed by atoms with Gasteiger partial charge in [0.05, 0.1) is 4.47 Å². The summed E-state index contributed by atoms with van der Waals surface area (Å²) in [6.07, 6.45) is 0.396. The molecular formula is C32H39BrN2O3. The summed E-state index contributed by atoms with van der Waals surface area (Å²) in [6.45, 7) is 12.2. The van der Waals surface area contributed by atoms with E-state index in [0.29, 0.717) is 24.6 Å². The van der Waals surface area contributed by atoms with E-state index in [0.717, 1.165) is 21.2 Å². The monoisotopic (exact) mass is 578 g/mol. The summed E-state index contributed by atoms with van der Waals surface area (Å²) in [5.74, 6) is 0.532. The van der Waals surface area contributed by atoms with Crippen molar-refractivity contribution in [1.29, 1.82) is 0 Å². The lowest BCUT2D eigenvalue weighted by atomic mass is 10.0. The highest BCUT2D eigenvalue weighted by Crippen LogP contribution is 2.29. The molecule has 0 fully saturated rings. The molecule has 0 unspecified atom stereocenters. The van der Waals surface area contributed by atoms with Gasteiger partial charge in [-0.25, -0.2) is 0 Å². The molecule has 0 aliphatic heterocycles. The van der Waals surface area contributed by atoms with E-state index in [2.05, 4.69) is 35.1 Å². The molecule has 0 bridgehead atoms. The predicted molar refractivity (Wildman–Crippen MR) is 157 cm³/mol. The molecule has 3 rings (SSSR count). The third-order valence-corrected chi connectivity index (χ3v) is 6.80. The maximum absolute atomic E-state index is 13.8. The minimum Gasteiger partial charge on any atom is -0.483 e. The van der Waals surface area contributed by atoms with Crippen LogP contribution in [0, 0.1) is 6.92 Å². The van der Waals surface area contributed by atoms with Gasteiger partial charge in [-0.15, -0.1) is 0 Å². The molecule has 5 nitrogen and oxygen atoms in total. The van der Waals surface area contributed by atoms with Crippen molar-refractivity contribution in [2.24, 2.45) is 0 Å². The van der Waals surface area contributed by atoms with Crippen molar-refractivity contribution in [3.8, 4) is 5.75 Å². The van der Waals surface area contributed by atoms with Crippen molar-refractivity contribution in [2.45, 2.75) is 72.0 Å². The van der Waals surface area contributed by atoms with Crippen molar-refractivity contribution in [2.75, 3.05) is 6.61 Å². The number of rotatable bonds is 10. The summed E-state index contributed by atoms with van der Waals surface area (Å²) in [7, 11) is 0. The molecule has 202 valence electrons. The van der Waals surface area contributed by atoms with Crippen LogP contribution in [0.15, 0.2) is 77.3 Å². The predicted octanol–water partition coefficient (Wildman–Crippen LogP) is 6.81. The van der Waals surface area contributed by atoms with Gasteiger partial charge < -0.3 is 15.0 Å². The molecule has 1 N–H and O–H groups in total. The molecule has 0 aromatic heterocycles. The highest BCUT2D eigenvalue weighted by Gasteiger charge is 2.32. The van der Waals surface area contributed by atoms with Gasteiger partial charge in [-0.1, -0.05) is 80.1 Å². The molecule has 3 aromatic carbocycles. The maximum atomic E-state index is 13.8. The molecule has 38 heavy (non-hydrogen) atoms. The molecule has 0 aliphatic carbocycles. The number of carbonyl (C=O) groups excluding carboxylic acids is 2. The molecule has 0 saturated carbocycles. The van der Waals surface area contributed by atoms with Crippen LogP contribution in [0.5, 0.6) is 5.75 Å². The van der Waals surface area contributed by atoms with E-state index in [1.54, 1.807) is 4.90 Å². The van der Waals surface area contributed by atoms with Gasteiger partial charge in [0.15, 0.2) is 6.61 Å². The quantitative estimate of drug-likeness (QED) is 0.287. The molecule has 0 saturated heterocycles. The Bertz CT molecular complexity index is 1230. The standard InChI is InChI=1S/C32H39BrN2O3/c1-22(2)26-15-16-29(27(33)19-26)38-21-30(36)35(20-25-14-10-11-23(3)17-25)28(31(37)34-32(4,5)6)18-24-12-8-7-9-13-24/h7-17,19,22,28H,18,20-21H2,1-6H3,(H,34,37)/t28-/m1/s1. The Morgan fingerprint density at radius 1 is 0.947 bits per heavy atom. The van der Waals surface area contributed by atoms with Crippen LogP contribution in [0.25, 0.3) is 0 Å². The zero-order chi connectivity index (χ0) is 27.9. The number of aryl methyl sites for hydroxylation is 1. The molecule has 0 radical (unpaired) electrons. The largest absolute Gasteiger partial charge is 0.483 e. The SMILES string of the molecule is Cc1cccc(CN(C(=O)COc2ccc(C(C)C)cc2Br)[C@H](Cc2ccccc2)C(=O)NC(C)(C)C)c1. The molecule has 1 atom stereocenters. The molecule has 0 spiro atoms. The van der Waals surface area contributed by atoms with Crippen LogP contribution in [-0.2, 0) is 22.6 Å². The van der Waals surface area contributed by atoms with Gasteiger partial charge in [0, 0.05) is 18.5 Å². The lowest BCUT2D eigenvalue weighted by Crippen LogP contribution is -2.55. The van der Waals surface area contributed by atoms with E-state index in [9.17, 15) is 9.59 Å². The van der Waals surface area contributed by atoms with Gasteiger partial charge in [0.1, 0.15) is 11.8 Å². The van der Waals surface area contributed by atoms with E-state index in [-0.39, 0.29) is 18.4 Å². The number of nitrogens with zero attached hydrogens (tertiary/aromatic N) is 1. The summed E-state index contributed by atoms with van der Waals surface area (Å²) in [6, 6.07) is 23.0. The molecule has 6 heteroatoms. The Balaban J connectivity index is 1.93. The number of ether oxygens (including phenoxy) is 1.